The molecular formula is C8H15N3O2. The zero-order valence-corrected chi connectivity index (χ0v) is 7.45. The third-order valence-corrected chi connectivity index (χ3v) is 2.98. The first-order valence-electron chi connectivity index (χ1n) is 4.35. The summed E-state index contributed by atoms with van der Waals surface area (Å²) < 4.78 is 0. The zero-order valence-electron chi connectivity index (χ0n) is 7.45. The van der Waals surface area contributed by atoms with E-state index in [1.54, 1.807) is 0 Å². The molecule has 0 bridgehead atoms. The van der Waals surface area contributed by atoms with Crippen molar-refractivity contribution in [1.29, 1.82) is 0 Å². The lowest BCUT2D eigenvalue weighted by molar-refractivity contribution is -0.142. The van der Waals surface area contributed by atoms with E-state index in [1.165, 1.54) is 0 Å². The summed E-state index contributed by atoms with van der Waals surface area (Å²) in [7, 11) is 0. The Morgan fingerprint density at radius 2 is 1.85 bits per heavy atom. The van der Waals surface area contributed by atoms with E-state index in [0.29, 0.717) is 6.42 Å². The summed E-state index contributed by atoms with van der Waals surface area (Å²) >= 11 is 0. The third-order valence-electron chi connectivity index (χ3n) is 2.98. The normalized spacial score (nSPS) is 25.8. The highest BCUT2D eigenvalue weighted by Gasteiger charge is 2.51. The van der Waals surface area contributed by atoms with Crippen LogP contribution in [0.4, 0.5) is 0 Å². The number of primary amides is 2. The molecule has 1 aliphatic carbocycles. The lowest BCUT2D eigenvalue weighted by Gasteiger charge is -2.27. The second-order valence-electron chi connectivity index (χ2n) is 3.52. The fourth-order valence-corrected chi connectivity index (χ4v) is 2.17. The highest BCUT2D eigenvalue weighted by Crippen LogP contribution is 2.42. The Kier molecular flexibility index (Phi) is 2.56. The topological polar surface area (TPSA) is 112 Å². The molecule has 1 aliphatic rings. The molecule has 5 heteroatoms. The van der Waals surface area contributed by atoms with Crippen LogP contribution in [-0.2, 0) is 9.59 Å². The number of rotatable bonds is 3. The number of carbonyl (C=O) groups excluding carboxylic acids is 2. The molecule has 0 radical (unpaired) electrons. The fraction of sp³-hybridized carbons (Fsp3) is 0.750. The number of nitrogens with two attached hydrogens (primary N) is 3. The average Bonchev–Trinajstić information content (AvgIpc) is 2.47. The van der Waals surface area contributed by atoms with Gasteiger partial charge in [0.25, 0.3) is 0 Å². The van der Waals surface area contributed by atoms with E-state index >= 15 is 0 Å². The van der Waals surface area contributed by atoms with Gasteiger partial charge in [0.2, 0.25) is 11.8 Å². The average molecular weight is 185 g/mol. The molecule has 0 spiro atoms. The van der Waals surface area contributed by atoms with Gasteiger partial charge in [-0.05, 0) is 25.3 Å². The molecule has 5 nitrogen and oxygen atoms in total. The van der Waals surface area contributed by atoms with Crippen LogP contribution in [0.2, 0.25) is 0 Å². The van der Waals surface area contributed by atoms with Crippen LogP contribution >= 0.6 is 0 Å². The Balaban J connectivity index is 3.02. The number of carbonyl (C=O) groups is 2. The lowest BCUT2D eigenvalue weighted by atomic mass is 9.76. The summed E-state index contributed by atoms with van der Waals surface area (Å²) in [6.45, 7) is 0.284. The number of amides is 2. The molecule has 0 heterocycles. The number of hydrogen-bond donors (Lipinski definition) is 3. The minimum absolute atomic E-state index is 0.178. The molecule has 1 fully saturated rings. The third kappa shape index (κ3) is 1.29. The predicted molar refractivity (Wildman–Crippen MR) is 47.2 cm³/mol. The molecule has 0 aromatic heterocycles. The molecule has 0 aromatic carbocycles. The molecule has 1 rings (SSSR count). The molecule has 1 unspecified atom stereocenters. The quantitative estimate of drug-likeness (QED) is 0.475. The summed E-state index contributed by atoms with van der Waals surface area (Å²) in [6.07, 6.45) is 1.98. The Morgan fingerprint density at radius 1 is 1.31 bits per heavy atom. The molecule has 0 aromatic rings. The van der Waals surface area contributed by atoms with Crippen molar-refractivity contribution in [2.75, 3.05) is 6.54 Å². The molecular weight excluding hydrogens is 170 g/mol. The SMILES string of the molecule is NCC1CCCC1(C(N)=O)C(N)=O. The van der Waals surface area contributed by atoms with Crippen LogP contribution < -0.4 is 17.2 Å². The van der Waals surface area contributed by atoms with E-state index in [2.05, 4.69) is 0 Å². The van der Waals surface area contributed by atoms with Gasteiger partial charge in [0.05, 0.1) is 0 Å². The van der Waals surface area contributed by atoms with Gasteiger partial charge < -0.3 is 17.2 Å². The minimum Gasteiger partial charge on any atom is -0.369 e. The van der Waals surface area contributed by atoms with E-state index in [4.69, 9.17) is 17.2 Å². The van der Waals surface area contributed by atoms with Crippen LogP contribution in [0, 0.1) is 11.3 Å². The van der Waals surface area contributed by atoms with Gasteiger partial charge >= 0.3 is 0 Å². The van der Waals surface area contributed by atoms with Crippen LogP contribution in [0.1, 0.15) is 19.3 Å². The molecule has 1 saturated carbocycles. The van der Waals surface area contributed by atoms with E-state index in [9.17, 15) is 9.59 Å². The number of hydrogen-bond acceptors (Lipinski definition) is 3. The van der Waals surface area contributed by atoms with Gasteiger partial charge in [-0.1, -0.05) is 6.42 Å². The first-order valence-corrected chi connectivity index (χ1v) is 4.35. The van der Waals surface area contributed by atoms with Crippen LogP contribution in [-0.4, -0.2) is 18.4 Å². The molecule has 13 heavy (non-hydrogen) atoms. The van der Waals surface area contributed by atoms with Gasteiger partial charge in [-0.2, -0.15) is 0 Å². The Labute approximate surface area is 76.6 Å². The van der Waals surface area contributed by atoms with Crippen molar-refractivity contribution in [1.82, 2.24) is 0 Å². The van der Waals surface area contributed by atoms with Gasteiger partial charge in [0, 0.05) is 0 Å². The maximum absolute atomic E-state index is 11.2. The van der Waals surface area contributed by atoms with E-state index in [1.807, 2.05) is 0 Å². The second-order valence-corrected chi connectivity index (χ2v) is 3.52. The standard InChI is InChI=1S/C8H15N3O2/c9-4-5-2-1-3-8(5,6(10)12)7(11)13/h5H,1-4,9H2,(H2,10,12)(H2,11,13). The summed E-state index contributed by atoms with van der Waals surface area (Å²) in [4.78, 5) is 22.4. The zero-order chi connectivity index (χ0) is 10.1. The Bertz CT molecular complexity index is 226. The minimum atomic E-state index is -1.19. The maximum Gasteiger partial charge on any atom is 0.233 e. The summed E-state index contributed by atoms with van der Waals surface area (Å²) in [6, 6.07) is 0. The second kappa shape index (κ2) is 3.33. The van der Waals surface area contributed by atoms with Crippen molar-refractivity contribution in [2.24, 2.45) is 28.5 Å². The van der Waals surface area contributed by atoms with Gasteiger partial charge in [0.1, 0.15) is 5.41 Å². The summed E-state index contributed by atoms with van der Waals surface area (Å²) in [5.41, 5.74) is 14.7. The predicted octanol–water partition coefficient (Wildman–Crippen LogP) is -1.30. The molecule has 2 amide bonds. The van der Waals surface area contributed by atoms with Gasteiger partial charge in [0.15, 0.2) is 0 Å². The Morgan fingerprint density at radius 3 is 2.15 bits per heavy atom. The van der Waals surface area contributed by atoms with E-state index in [-0.39, 0.29) is 12.5 Å². The first-order chi connectivity index (χ1) is 6.05. The summed E-state index contributed by atoms with van der Waals surface area (Å²) in [5.74, 6) is -1.44. The van der Waals surface area contributed by atoms with E-state index in [0.717, 1.165) is 12.8 Å². The van der Waals surface area contributed by atoms with E-state index < -0.39 is 17.2 Å². The van der Waals surface area contributed by atoms with Gasteiger partial charge in [-0.3, -0.25) is 9.59 Å². The van der Waals surface area contributed by atoms with Crippen molar-refractivity contribution in [3.8, 4) is 0 Å². The lowest BCUT2D eigenvalue weighted by Crippen LogP contribution is -2.51. The smallest absolute Gasteiger partial charge is 0.233 e. The fourth-order valence-electron chi connectivity index (χ4n) is 2.17. The van der Waals surface area contributed by atoms with Crippen LogP contribution in [0.25, 0.3) is 0 Å². The maximum atomic E-state index is 11.2. The van der Waals surface area contributed by atoms with Crippen molar-refractivity contribution < 1.29 is 9.59 Å². The van der Waals surface area contributed by atoms with Crippen molar-refractivity contribution in [3.63, 3.8) is 0 Å². The Hall–Kier alpha value is -1.10. The van der Waals surface area contributed by atoms with Crippen LogP contribution in [0.5, 0.6) is 0 Å². The monoisotopic (exact) mass is 185 g/mol. The van der Waals surface area contributed by atoms with Crippen LogP contribution in [0.15, 0.2) is 0 Å². The highest BCUT2D eigenvalue weighted by atomic mass is 16.2. The van der Waals surface area contributed by atoms with Crippen molar-refractivity contribution in [2.45, 2.75) is 19.3 Å². The molecule has 0 aliphatic heterocycles. The van der Waals surface area contributed by atoms with Gasteiger partial charge in [-0.15, -0.1) is 0 Å². The highest BCUT2D eigenvalue weighted by molar-refractivity contribution is 6.04. The largest absolute Gasteiger partial charge is 0.369 e. The molecule has 6 N–H and O–H groups in total. The van der Waals surface area contributed by atoms with Crippen molar-refractivity contribution >= 4 is 11.8 Å². The van der Waals surface area contributed by atoms with Crippen molar-refractivity contribution in [3.05, 3.63) is 0 Å². The molecule has 74 valence electrons. The molecule has 0 saturated heterocycles. The van der Waals surface area contributed by atoms with Crippen LogP contribution in [0.3, 0.4) is 0 Å². The summed E-state index contributed by atoms with van der Waals surface area (Å²) in [5, 5.41) is 0. The molecule has 1 atom stereocenters. The first kappa shape index (κ1) is 9.98. The van der Waals surface area contributed by atoms with Gasteiger partial charge in [-0.25, -0.2) is 0 Å².